The van der Waals surface area contributed by atoms with Gasteiger partial charge in [-0.2, -0.15) is 0 Å². The van der Waals surface area contributed by atoms with Gasteiger partial charge in [0.15, 0.2) is 0 Å². The number of nitrogens with zero attached hydrogens (tertiary/aromatic N) is 1. The van der Waals surface area contributed by atoms with Crippen LogP contribution in [0.2, 0.25) is 0 Å². The van der Waals surface area contributed by atoms with Crippen LogP contribution in [0, 0.1) is 5.82 Å². The molecule has 2 aromatic rings. The number of halogens is 1. The molecule has 1 aliphatic heterocycles. The summed E-state index contributed by atoms with van der Waals surface area (Å²) in [4.78, 5) is 4.13. The second-order valence-electron chi connectivity index (χ2n) is 5.71. The summed E-state index contributed by atoms with van der Waals surface area (Å²) in [5, 5.41) is 0. The SMILES string of the molecule is CC1(C)C=C(c2ccc(F)cn2)c2ccc(N[SH](=O)=O)cc2O1. The number of anilines is 1. The van der Waals surface area contributed by atoms with Gasteiger partial charge in [0.25, 0.3) is 0 Å². The first kappa shape index (κ1) is 15.5. The summed E-state index contributed by atoms with van der Waals surface area (Å²) in [5.74, 6) is 0.139. The highest BCUT2D eigenvalue weighted by atomic mass is 32.2. The lowest BCUT2D eigenvalue weighted by molar-refractivity contribution is 0.158. The third-order valence-electron chi connectivity index (χ3n) is 3.36. The number of benzene rings is 1. The maximum absolute atomic E-state index is 13.1. The molecule has 23 heavy (non-hydrogen) atoms. The first-order valence-electron chi connectivity index (χ1n) is 6.93. The van der Waals surface area contributed by atoms with Crippen LogP contribution in [0.5, 0.6) is 5.75 Å². The van der Waals surface area contributed by atoms with E-state index in [0.717, 1.165) is 17.3 Å². The number of pyridine rings is 1. The van der Waals surface area contributed by atoms with E-state index in [4.69, 9.17) is 4.74 Å². The fraction of sp³-hybridized carbons (Fsp3) is 0.188. The molecule has 3 rings (SSSR count). The van der Waals surface area contributed by atoms with Crippen molar-refractivity contribution in [2.24, 2.45) is 0 Å². The molecule has 1 N–H and O–H groups in total. The van der Waals surface area contributed by atoms with E-state index < -0.39 is 22.3 Å². The monoisotopic (exact) mass is 334 g/mol. The highest BCUT2D eigenvalue weighted by Gasteiger charge is 2.28. The summed E-state index contributed by atoms with van der Waals surface area (Å²) in [6.45, 7) is 3.77. The van der Waals surface area contributed by atoms with Crippen molar-refractivity contribution in [3.8, 4) is 5.75 Å². The number of hydrogen-bond donors (Lipinski definition) is 2. The topological polar surface area (TPSA) is 68.3 Å². The molecule has 0 amide bonds. The maximum atomic E-state index is 13.1. The number of nitrogens with one attached hydrogen (secondary N) is 1. The largest absolute Gasteiger partial charge is 0.483 e. The average Bonchev–Trinajstić information content (AvgIpc) is 2.45. The van der Waals surface area contributed by atoms with Crippen LogP contribution in [0.4, 0.5) is 10.1 Å². The van der Waals surface area contributed by atoms with E-state index in [2.05, 4.69) is 9.71 Å². The Kier molecular flexibility index (Phi) is 3.81. The Morgan fingerprint density at radius 2 is 2.00 bits per heavy atom. The van der Waals surface area contributed by atoms with Gasteiger partial charge >= 0.3 is 0 Å². The van der Waals surface area contributed by atoms with Gasteiger partial charge in [-0.05, 0) is 44.2 Å². The fourth-order valence-electron chi connectivity index (χ4n) is 2.49. The minimum atomic E-state index is -2.75. The summed E-state index contributed by atoms with van der Waals surface area (Å²) in [6.07, 6.45) is 3.08. The molecule has 0 atom stereocenters. The smallest absolute Gasteiger partial charge is 0.222 e. The third-order valence-corrected chi connectivity index (χ3v) is 3.80. The van der Waals surface area contributed by atoms with Crippen LogP contribution in [0.15, 0.2) is 42.6 Å². The summed E-state index contributed by atoms with van der Waals surface area (Å²) in [6, 6.07) is 7.97. The Labute approximate surface area is 134 Å². The first-order chi connectivity index (χ1) is 10.8. The molecule has 0 radical (unpaired) electrons. The molecule has 0 bridgehead atoms. The van der Waals surface area contributed by atoms with E-state index in [0.29, 0.717) is 17.1 Å². The number of aromatic nitrogens is 1. The van der Waals surface area contributed by atoms with Crippen LogP contribution in [0.1, 0.15) is 25.1 Å². The molecule has 0 spiro atoms. The molecule has 0 fully saturated rings. The van der Waals surface area contributed by atoms with E-state index in [9.17, 15) is 12.8 Å². The molecule has 5 nitrogen and oxygen atoms in total. The summed E-state index contributed by atoms with van der Waals surface area (Å²) in [5.41, 5.74) is 2.03. The second-order valence-corrected chi connectivity index (χ2v) is 6.44. The maximum Gasteiger partial charge on any atom is 0.222 e. The van der Waals surface area contributed by atoms with Crippen molar-refractivity contribution in [1.29, 1.82) is 0 Å². The zero-order valence-electron chi connectivity index (χ0n) is 12.5. The van der Waals surface area contributed by atoms with Gasteiger partial charge < -0.3 is 4.74 Å². The molecule has 0 unspecified atom stereocenters. The first-order valence-corrected chi connectivity index (χ1v) is 8.11. The van der Waals surface area contributed by atoms with Gasteiger partial charge in [0.2, 0.25) is 10.9 Å². The Hall–Kier alpha value is -2.41. The van der Waals surface area contributed by atoms with E-state index in [-0.39, 0.29) is 0 Å². The van der Waals surface area contributed by atoms with E-state index in [1.165, 1.54) is 6.07 Å². The average molecular weight is 334 g/mol. The number of ether oxygens (including phenoxy) is 1. The van der Waals surface area contributed by atoms with Gasteiger partial charge in [0.1, 0.15) is 17.2 Å². The Balaban J connectivity index is 2.10. The van der Waals surface area contributed by atoms with E-state index >= 15 is 0 Å². The van der Waals surface area contributed by atoms with Crippen LogP contribution < -0.4 is 9.46 Å². The van der Waals surface area contributed by atoms with Crippen molar-refractivity contribution in [3.05, 3.63) is 59.7 Å². The lowest BCUT2D eigenvalue weighted by atomic mass is 9.92. The van der Waals surface area contributed by atoms with Crippen molar-refractivity contribution in [2.45, 2.75) is 19.4 Å². The minimum Gasteiger partial charge on any atom is -0.483 e. The zero-order valence-corrected chi connectivity index (χ0v) is 13.4. The molecule has 1 aliphatic rings. The van der Waals surface area contributed by atoms with Crippen LogP contribution in [-0.2, 0) is 10.9 Å². The summed E-state index contributed by atoms with van der Waals surface area (Å²) in [7, 11) is -2.75. The fourth-order valence-corrected chi connectivity index (χ4v) is 2.84. The van der Waals surface area contributed by atoms with Crippen molar-refractivity contribution >= 4 is 22.2 Å². The van der Waals surface area contributed by atoms with Crippen LogP contribution in [0.3, 0.4) is 0 Å². The summed E-state index contributed by atoms with van der Waals surface area (Å²) < 4.78 is 43.0. The van der Waals surface area contributed by atoms with Crippen molar-refractivity contribution in [3.63, 3.8) is 0 Å². The lowest BCUT2D eigenvalue weighted by Crippen LogP contribution is -2.29. The van der Waals surface area contributed by atoms with Crippen molar-refractivity contribution in [1.82, 2.24) is 4.98 Å². The standard InChI is InChI=1S/C16H15FN2O3S/c1-16(2)8-13(14-6-3-10(17)9-18-14)12-5-4-11(19-23(20)21)7-15(12)22-16/h3-9,23H,1-2H3,(H,19,20,21). The van der Waals surface area contributed by atoms with Crippen LogP contribution in [-0.4, -0.2) is 19.0 Å². The molecular formula is C16H15FN2O3S. The number of thiol groups is 1. The molecule has 0 saturated heterocycles. The second kappa shape index (κ2) is 5.66. The van der Waals surface area contributed by atoms with Gasteiger partial charge in [-0.25, -0.2) is 12.8 Å². The molecule has 1 aromatic carbocycles. The molecule has 1 aromatic heterocycles. The Bertz CT molecular complexity index is 850. The molecule has 7 heteroatoms. The van der Waals surface area contributed by atoms with Crippen molar-refractivity contribution in [2.75, 3.05) is 4.72 Å². The molecule has 0 aliphatic carbocycles. The number of fused-ring (bicyclic) bond motifs is 1. The van der Waals surface area contributed by atoms with E-state index in [1.807, 2.05) is 19.9 Å². The molecule has 2 heterocycles. The highest BCUT2D eigenvalue weighted by Crippen LogP contribution is 2.40. The summed E-state index contributed by atoms with van der Waals surface area (Å²) >= 11 is 0. The van der Waals surface area contributed by atoms with Gasteiger partial charge in [-0.15, -0.1) is 0 Å². The van der Waals surface area contributed by atoms with E-state index in [1.54, 1.807) is 24.3 Å². The van der Waals surface area contributed by atoms with Gasteiger partial charge in [-0.3, -0.25) is 9.71 Å². The molecule has 0 saturated carbocycles. The van der Waals surface area contributed by atoms with Gasteiger partial charge in [0, 0.05) is 17.2 Å². The van der Waals surface area contributed by atoms with Gasteiger partial charge in [-0.1, -0.05) is 0 Å². The van der Waals surface area contributed by atoms with Crippen molar-refractivity contribution < 1.29 is 17.5 Å². The highest BCUT2D eigenvalue weighted by molar-refractivity contribution is 7.73. The Morgan fingerprint density at radius 3 is 2.65 bits per heavy atom. The predicted molar refractivity (Wildman–Crippen MR) is 86.4 cm³/mol. The number of hydrogen-bond acceptors (Lipinski definition) is 4. The van der Waals surface area contributed by atoms with Crippen LogP contribution in [0.25, 0.3) is 5.57 Å². The zero-order chi connectivity index (χ0) is 16.6. The predicted octanol–water partition coefficient (Wildman–Crippen LogP) is 2.76. The minimum absolute atomic E-state index is 0.403. The molecular weight excluding hydrogens is 319 g/mol. The van der Waals surface area contributed by atoms with Gasteiger partial charge in [0.05, 0.1) is 17.6 Å². The quantitative estimate of drug-likeness (QED) is 0.847. The number of rotatable bonds is 3. The Morgan fingerprint density at radius 1 is 1.22 bits per heavy atom. The molecule has 120 valence electrons. The lowest BCUT2D eigenvalue weighted by Gasteiger charge is -2.31. The third kappa shape index (κ3) is 3.34. The normalized spacial score (nSPS) is 15.6. The van der Waals surface area contributed by atoms with Crippen LogP contribution >= 0.6 is 0 Å².